The van der Waals surface area contributed by atoms with E-state index in [0.29, 0.717) is 0 Å². The van der Waals surface area contributed by atoms with E-state index < -0.39 is 6.03 Å². The monoisotopic (exact) mass is 178 g/mol. The molecule has 0 spiro atoms. The van der Waals surface area contributed by atoms with Crippen molar-refractivity contribution in [2.24, 2.45) is 10.9 Å². The van der Waals surface area contributed by atoms with Gasteiger partial charge in [0, 0.05) is 0 Å². The second kappa shape index (κ2) is 4.89. The van der Waals surface area contributed by atoms with Gasteiger partial charge in [0.1, 0.15) is 0 Å². The van der Waals surface area contributed by atoms with Gasteiger partial charge in [0.05, 0.1) is 6.21 Å². The van der Waals surface area contributed by atoms with Crippen LogP contribution in [0.3, 0.4) is 0 Å². The molecule has 13 heavy (non-hydrogen) atoms. The molecule has 0 heterocycles. The van der Waals surface area contributed by atoms with Crippen LogP contribution < -0.4 is 16.7 Å². The molecular formula is C8H10N4O. The van der Waals surface area contributed by atoms with E-state index in [4.69, 9.17) is 5.84 Å². The predicted molar refractivity (Wildman–Crippen MR) is 49.9 cm³/mol. The molecule has 0 aliphatic rings. The number of hydrazine groups is 1. The molecule has 2 amide bonds. The lowest BCUT2D eigenvalue weighted by Crippen LogP contribution is -2.37. The summed E-state index contributed by atoms with van der Waals surface area (Å²) in [7, 11) is 0. The Morgan fingerprint density at radius 3 is 2.69 bits per heavy atom. The molecule has 0 radical (unpaired) electrons. The molecule has 1 aromatic rings. The lowest BCUT2D eigenvalue weighted by molar-refractivity contribution is 0.241. The minimum absolute atomic E-state index is 0.549. The molecule has 0 unspecified atom stereocenters. The summed E-state index contributed by atoms with van der Waals surface area (Å²) in [6, 6.07) is 8.84. The van der Waals surface area contributed by atoms with Crippen molar-refractivity contribution in [2.45, 2.75) is 0 Å². The smallest absolute Gasteiger partial charge is 0.274 e. The highest BCUT2D eigenvalue weighted by Crippen LogP contribution is 1.92. The van der Waals surface area contributed by atoms with Crippen molar-refractivity contribution in [3.8, 4) is 0 Å². The summed E-state index contributed by atoms with van der Waals surface area (Å²) in [4.78, 5) is 10.5. The number of urea groups is 1. The van der Waals surface area contributed by atoms with Crippen LogP contribution in [0, 0.1) is 0 Å². The van der Waals surface area contributed by atoms with Gasteiger partial charge in [-0.15, -0.1) is 0 Å². The Hall–Kier alpha value is -1.88. The van der Waals surface area contributed by atoms with Crippen LogP contribution in [0.5, 0.6) is 0 Å². The highest BCUT2D eigenvalue weighted by Gasteiger charge is 1.89. The molecule has 1 aromatic carbocycles. The largest absolute Gasteiger partial charge is 0.349 e. The third kappa shape index (κ3) is 3.35. The Morgan fingerprint density at radius 2 is 2.08 bits per heavy atom. The van der Waals surface area contributed by atoms with E-state index in [-0.39, 0.29) is 0 Å². The molecule has 0 saturated heterocycles. The molecule has 0 aliphatic heterocycles. The number of hydrazone groups is 1. The molecule has 0 fully saturated rings. The van der Waals surface area contributed by atoms with Gasteiger partial charge in [-0.2, -0.15) is 5.10 Å². The molecule has 0 aliphatic carbocycles. The molecular weight excluding hydrogens is 168 g/mol. The minimum Gasteiger partial charge on any atom is -0.274 e. The Morgan fingerprint density at radius 1 is 1.38 bits per heavy atom. The number of carbonyl (C=O) groups is 1. The SMILES string of the molecule is NNC(=O)N/N=C\c1ccccc1. The molecule has 0 saturated carbocycles. The Labute approximate surface area is 75.6 Å². The van der Waals surface area contributed by atoms with Crippen molar-refractivity contribution in [1.82, 2.24) is 10.9 Å². The summed E-state index contributed by atoms with van der Waals surface area (Å²) in [5.41, 5.74) is 4.97. The molecule has 68 valence electrons. The van der Waals surface area contributed by atoms with E-state index in [1.165, 1.54) is 6.21 Å². The first kappa shape index (κ1) is 9.21. The van der Waals surface area contributed by atoms with Gasteiger partial charge < -0.3 is 0 Å². The van der Waals surface area contributed by atoms with Gasteiger partial charge in [0.15, 0.2) is 0 Å². The number of hydrogen-bond acceptors (Lipinski definition) is 3. The van der Waals surface area contributed by atoms with Gasteiger partial charge in [-0.25, -0.2) is 16.1 Å². The van der Waals surface area contributed by atoms with Crippen molar-refractivity contribution < 1.29 is 4.79 Å². The topological polar surface area (TPSA) is 79.5 Å². The average Bonchev–Trinajstić information content (AvgIpc) is 2.19. The van der Waals surface area contributed by atoms with Gasteiger partial charge in [0.25, 0.3) is 0 Å². The van der Waals surface area contributed by atoms with Gasteiger partial charge in [-0.05, 0) is 5.56 Å². The number of nitrogens with zero attached hydrogens (tertiary/aromatic N) is 1. The lowest BCUT2D eigenvalue weighted by Gasteiger charge is -1.95. The summed E-state index contributed by atoms with van der Waals surface area (Å²) in [5, 5.41) is 3.65. The second-order valence-electron chi connectivity index (χ2n) is 2.25. The van der Waals surface area contributed by atoms with Crippen molar-refractivity contribution >= 4 is 12.2 Å². The standard InChI is InChI=1S/C8H10N4O/c9-11-8(13)12-10-6-7-4-2-1-3-5-7/h1-6H,9H2,(H2,11,12,13)/b10-6-. The highest BCUT2D eigenvalue weighted by atomic mass is 16.2. The van der Waals surface area contributed by atoms with Crippen LogP contribution in [0.1, 0.15) is 5.56 Å². The molecule has 4 N–H and O–H groups in total. The van der Waals surface area contributed by atoms with Crippen molar-refractivity contribution in [1.29, 1.82) is 0 Å². The third-order valence-electron chi connectivity index (χ3n) is 1.31. The number of carbonyl (C=O) groups excluding carboxylic acids is 1. The fourth-order valence-corrected chi connectivity index (χ4v) is 0.737. The quantitative estimate of drug-likeness (QED) is 0.261. The first-order chi connectivity index (χ1) is 6.33. The fourth-order valence-electron chi connectivity index (χ4n) is 0.737. The number of benzene rings is 1. The second-order valence-corrected chi connectivity index (χ2v) is 2.25. The highest BCUT2D eigenvalue weighted by molar-refractivity contribution is 5.81. The Kier molecular flexibility index (Phi) is 3.46. The normalized spacial score (nSPS) is 9.92. The van der Waals surface area contributed by atoms with Crippen LogP contribution in [0.4, 0.5) is 4.79 Å². The van der Waals surface area contributed by atoms with Gasteiger partial charge in [0.2, 0.25) is 0 Å². The van der Waals surface area contributed by atoms with Crippen LogP contribution in [0.25, 0.3) is 0 Å². The zero-order valence-corrected chi connectivity index (χ0v) is 6.90. The van der Waals surface area contributed by atoms with Gasteiger partial charge in [-0.1, -0.05) is 30.3 Å². The first-order valence-electron chi connectivity index (χ1n) is 3.67. The average molecular weight is 178 g/mol. The maximum atomic E-state index is 10.5. The maximum absolute atomic E-state index is 10.5. The summed E-state index contributed by atoms with van der Waals surface area (Å²) < 4.78 is 0. The summed E-state index contributed by atoms with van der Waals surface area (Å²) in [6.45, 7) is 0. The van der Waals surface area contributed by atoms with Crippen molar-refractivity contribution in [3.63, 3.8) is 0 Å². The molecule has 1 rings (SSSR count). The maximum Gasteiger partial charge on any atom is 0.349 e. The van der Waals surface area contributed by atoms with Crippen LogP contribution >= 0.6 is 0 Å². The van der Waals surface area contributed by atoms with E-state index in [9.17, 15) is 4.79 Å². The van der Waals surface area contributed by atoms with E-state index in [1.54, 1.807) is 0 Å². The van der Waals surface area contributed by atoms with E-state index >= 15 is 0 Å². The zero-order chi connectivity index (χ0) is 9.52. The summed E-state index contributed by atoms with van der Waals surface area (Å²) in [6.07, 6.45) is 1.52. The number of amides is 2. The van der Waals surface area contributed by atoms with Crippen molar-refractivity contribution in [2.75, 3.05) is 0 Å². The number of nitrogens with one attached hydrogen (secondary N) is 2. The van der Waals surface area contributed by atoms with Crippen LogP contribution in [0.15, 0.2) is 35.4 Å². The molecule has 5 heteroatoms. The van der Waals surface area contributed by atoms with E-state index in [2.05, 4.69) is 10.5 Å². The molecule has 0 aromatic heterocycles. The number of nitrogens with two attached hydrogens (primary N) is 1. The molecule has 0 bridgehead atoms. The third-order valence-corrected chi connectivity index (χ3v) is 1.31. The number of rotatable bonds is 2. The lowest BCUT2D eigenvalue weighted by atomic mass is 10.2. The summed E-state index contributed by atoms with van der Waals surface area (Å²) in [5.74, 6) is 4.82. The van der Waals surface area contributed by atoms with Gasteiger partial charge >= 0.3 is 6.03 Å². The Bertz CT molecular complexity index is 296. The predicted octanol–water partition coefficient (Wildman–Crippen LogP) is 0.193. The van der Waals surface area contributed by atoms with Crippen LogP contribution in [-0.4, -0.2) is 12.2 Å². The fraction of sp³-hybridized carbons (Fsp3) is 0. The van der Waals surface area contributed by atoms with Crippen LogP contribution in [-0.2, 0) is 0 Å². The van der Waals surface area contributed by atoms with E-state index in [1.807, 2.05) is 35.8 Å². The summed E-state index contributed by atoms with van der Waals surface area (Å²) >= 11 is 0. The molecule has 5 nitrogen and oxygen atoms in total. The first-order valence-corrected chi connectivity index (χ1v) is 3.67. The minimum atomic E-state index is -0.549. The zero-order valence-electron chi connectivity index (χ0n) is 6.90. The van der Waals surface area contributed by atoms with E-state index in [0.717, 1.165) is 5.56 Å². The number of hydrogen-bond donors (Lipinski definition) is 3. The van der Waals surface area contributed by atoms with Crippen LogP contribution in [0.2, 0.25) is 0 Å². The molecule has 0 atom stereocenters. The van der Waals surface area contributed by atoms with Crippen molar-refractivity contribution in [3.05, 3.63) is 35.9 Å². The van der Waals surface area contributed by atoms with Gasteiger partial charge in [-0.3, -0.25) is 5.43 Å². The Balaban J connectivity index is 2.45.